The van der Waals surface area contributed by atoms with Gasteiger partial charge in [-0.15, -0.1) is 0 Å². The highest BCUT2D eigenvalue weighted by Gasteiger charge is 2.35. The molecule has 1 rings (SSSR count). The van der Waals surface area contributed by atoms with Gasteiger partial charge in [-0.05, 0) is 46.5 Å². The minimum atomic E-state index is -0.859. The number of amides is 2. The molecule has 0 unspecified atom stereocenters. The van der Waals surface area contributed by atoms with Gasteiger partial charge in [0.2, 0.25) is 5.91 Å². The first kappa shape index (κ1) is 22.3. The molecule has 0 heterocycles. The molecular formula is C19H34N2O5. The molecule has 2 amide bonds. The summed E-state index contributed by atoms with van der Waals surface area (Å²) in [5, 5.41) is 14.8. The molecule has 7 nitrogen and oxygen atoms in total. The number of carbonyl (C=O) groups is 3. The Kier molecular flexibility index (Phi) is 9.44. The molecule has 1 saturated carbocycles. The summed E-state index contributed by atoms with van der Waals surface area (Å²) >= 11 is 0. The highest BCUT2D eigenvalue weighted by atomic mass is 16.6. The van der Waals surface area contributed by atoms with Crippen LogP contribution in [0.5, 0.6) is 0 Å². The second kappa shape index (κ2) is 11.0. The first-order valence-corrected chi connectivity index (χ1v) is 9.68. The van der Waals surface area contributed by atoms with Crippen molar-refractivity contribution in [2.24, 2.45) is 11.8 Å². The predicted octanol–water partition coefficient (Wildman–Crippen LogP) is 3.08. The number of rotatable bonds is 9. The minimum Gasteiger partial charge on any atom is -0.481 e. The van der Waals surface area contributed by atoms with Crippen molar-refractivity contribution in [3.63, 3.8) is 0 Å². The van der Waals surface area contributed by atoms with Gasteiger partial charge in [0.1, 0.15) is 5.60 Å². The van der Waals surface area contributed by atoms with E-state index in [2.05, 4.69) is 10.6 Å². The number of nitrogens with one attached hydrogen (secondary N) is 2. The molecule has 0 spiro atoms. The van der Waals surface area contributed by atoms with Gasteiger partial charge in [0.05, 0.1) is 11.8 Å². The Bertz CT molecular complexity index is 473. The lowest BCUT2D eigenvalue weighted by atomic mass is 9.78. The maximum atomic E-state index is 12.2. The molecule has 150 valence electrons. The normalized spacial score (nSPS) is 20.3. The SMILES string of the molecule is CC(C)(C)OC(=O)NCCCCCCNC(=O)[C@@H]1CCCC[C@@H]1C(=O)O. The number of hydrogen-bond acceptors (Lipinski definition) is 4. The van der Waals surface area contributed by atoms with Gasteiger partial charge in [0.15, 0.2) is 0 Å². The van der Waals surface area contributed by atoms with Crippen molar-refractivity contribution in [1.29, 1.82) is 0 Å². The Labute approximate surface area is 156 Å². The largest absolute Gasteiger partial charge is 0.481 e. The molecule has 2 atom stereocenters. The third-order valence-electron chi connectivity index (χ3n) is 4.49. The van der Waals surface area contributed by atoms with E-state index >= 15 is 0 Å². The maximum Gasteiger partial charge on any atom is 0.407 e. The van der Waals surface area contributed by atoms with Crippen molar-refractivity contribution in [1.82, 2.24) is 10.6 Å². The van der Waals surface area contributed by atoms with E-state index in [-0.39, 0.29) is 11.8 Å². The van der Waals surface area contributed by atoms with Crippen LogP contribution in [0.15, 0.2) is 0 Å². The molecule has 0 radical (unpaired) electrons. The standard InChI is InChI=1S/C19H34N2O5/c1-19(2,3)26-18(25)21-13-9-5-4-8-12-20-16(22)14-10-6-7-11-15(14)17(23)24/h14-15H,4-13H2,1-3H3,(H,20,22)(H,21,25)(H,23,24)/t14-,15+/m1/s1. The highest BCUT2D eigenvalue weighted by Crippen LogP contribution is 2.30. The van der Waals surface area contributed by atoms with Crippen LogP contribution in [0.1, 0.15) is 72.1 Å². The summed E-state index contributed by atoms with van der Waals surface area (Å²) in [5.74, 6) is -1.91. The summed E-state index contributed by atoms with van der Waals surface area (Å²) in [6.07, 6.45) is 6.28. The van der Waals surface area contributed by atoms with E-state index < -0.39 is 23.6 Å². The number of alkyl carbamates (subject to hydrolysis) is 1. The quantitative estimate of drug-likeness (QED) is 0.541. The smallest absolute Gasteiger partial charge is 0.407 e. The number of ether oxygens (including phenoxy) is 1. The molecule has 7 heteroatoms. The van der Waals surface area contributed by atoms with Gasteiger partial charge in [-0.1, -0.05) is 25.7 Å². The topological polar surface area (TPSA) is 105 Å². The Hall–Kier alpha value is -1.79. The van der Waals surface area contributed by atoms with Crippen molar-refractivity contribution in [3.05, 3.63) is 0 Å². The van der Waals surface area contributed by atoms with Crippen LogP contribution in [0, 0.1) is 11.8 Å². The lowest BCUT2D eigenvalue weighted by Crippen LogP contribution is -2.40. The average molecular weight is 370 g/mol. The highest BCUT2D eigenvalue weighted by molar-refractivity contribution is 5.84. The molecule has 1 fully saturated rings. The monoisotopic (exact) mass is 370 g/mol. The molecule has 0 saturated heterocycles. The van der Waals surface area contributed by atoms with Gasteiger partial charge in [0.25, 0.3) is 0 Å². The summed E-state index contributed by atoms with van der Waals surface area (Å²) in [4.78, 5) is 34.9. The fourth-order valence-electron chi connectivity index (χ4n) is 3.19. The van der Waals surface area contributed by atoms with Gasteiger partial charge in [-0.3, -0.25) is 9.59 Å². The first-order chi connectivity index (χ1) is 12.2. The van der Waals surface area contributed by atoms with Gasteiger partial charge in [-0.2, -0.15) is 0 Å². The Morgan fingerprint density at radius 3 is 2.00 bits per heavy atom. The van der Waals surface area contributed by atoms with Gasteiger partial charge < -0.3 is 20.5 Å². The van der Waals surface area contributed by atoms with E-state index in [1.165, 1.54) is 0 Å². The second-order valence-corrected chi connectivity index (χ2v) is 7.97. The number of carboxylic acid groups (broad SMARTS) is 1. The minimum absolute atomic E-state index is 0.122. The van der Waals surface area contributed by atoms with Crippen LogP contribution in [-0.2, 0) is 14.3 Å². The van der Waals surface area contributed by atoms with Crippen LogP contribution < -0.4 is 10.6 Å². The zero-order valence-electron chi connectivity index (χ0n) is 16.3. The summed E-state index contributed by atoms with van der Waals surface area (Å²) < 4.78 is 5.15. The molecule has 0 bridgehead atoms. The van der Waals surface area contributed by atoms with E-state index in [9.17, 15) is 19.5 Å². The Morgan fingerprint density at radius 1 is 0.923 bits per heavy atom. The van der Waals surface area contributed by atoms with Gasteiger partial charge in [-0.25, -0.2) is 4.79 Å². The van der Waals surface area contributed by atoms with Gasteiger partial charge in [0, 0.05) is 13.1 Å². The van der Waals surface area contributed by atoms with Crippen LogP contribution in [0.4, 0.5) is 4.79 Å². The summed E-state index contributed by atoms with van der Waals surface area (Å²) in [5.41, 5.74) is -0.486. The average Bonchev–Trinajstić information content (AvgIpc) is 2.55. The molecule has 0 aromatic rings. The Balaban J connectivity index is 2.07. The van der Waals surface area contributed by atoms with E-state index in [1.807, 2.05) is 20.8 Å². The van der Waals surface area contributed by atoms with Crippen molar-refractivity contribution in [3.8, 4) is 0 Å². The third-order valence-corrected chi connectivity index (χ3v) is 4.49. The van der Waals surface area contributed by atoms with Crippen LogP contribution in [-0.4, -0.2) is 41.8 Å². The van der Waals surface area contributed by atoms with Crippen LogP contribution in [0.3, 0.4) is 0 Å². The fourth-order valence-corrected chi connectivity index (χ4v) is 3.19. The number of hydrogen-bond donors (Lipinski definition) is 3. The molecule has 0 aromatic carbocycles. The van der Waals surface area contributed by atoms with Crippen LogP contribution >= 0.6 is 0 Å². The van der Waals surface area contributed by atoms with Crippen molar-refractivity contribution in [2.45, 2.75) is 77.7 Å². The van der Waals surface area contributed by atoms with Gasteiger partial charge >= 0.3 is 12.1 Å². The number of unbranched alkanes of at least 4 members (excludes halogenated alkanes) is 3. The Morgan fingerprint density at radius 2 is 1.46 bits per heavy atom. The zero-order valence-corrected chi connectivity index (χ0v) is 16.3. The third kappa shape index (κ3) is 9.06. The summed E-state index contributed by atoms with van der Waals surface area (Å²) in [6.45, 7) is 6.62. The molecule has 1 aliphatic rings. The van der Waals surface area contributed by atoms with Crippen LogP contribution in [0.2, 0.25) is 0 Å². The molecule has 26 heavy (non-hydrogen) atoms. The molecule has 3 N–H and O–H groups in total. The van der Waals surface area contributed by atoms with E-state index in [0.29, 0.717) is 25.9 Å². The van der Waals surface area contributed by atoms with Crippen molar-refractivity contribution < 1.29 is 24.2 Å². The van der Waals surface area contributed by atoms with Crippen molar-refractivity contribution >= 4 is 18.0 Å². The fraction of sp³-hybridized carbons (Fsp3) is 0.842. The molecular weight excluding hydrogens is 336 g/mol. The lowest BCUT2D eigenvalue weighted by molar-refractivity contribution is -0.148. The molecule has 0 aromatic heterocycles. The predicted molar refractivity (Wildman–Crippen MR) is 98.8 cm³/mol. The van der Waals surface area contributed by atoms with E-state index in [4.69, 9.17) is 4.74 Å². The molecule has 1 aliphatic carbocycles. The van der Waals surface area contributed by atoms with Crippen LogP contribution in [0.25, 0.3) is 0 Å². The summed E-state index contributed by atoms with van der Waals surface area (Å²) in [7, 11) is 0. The molecule has 0 aliphatic heterocycles. The van der Waals surface area contributed by atoms with E-state index in [1.54, 1.807) is 0 Å². The van der Waals surface area contributed by atoms with E-state index in [0.717, 1.165) is 38.5 Å². The summed E-state index contributed by atoms with van der Waals surface area (Å²) in [6, 6.07) is 0. The first-order valence-electron chi connectivity index (χ1n) is 9.68. The number of aliphatic carboxylic acids is 1. The lowest BCUT2D eigenvalue weighted by Gasteiger charge is -2.27. The number of carboxylic acids is 1. The zero-order chi connectivity index (χ0) is 19.6. The number of carbonyl (C=O) groups excluding carboxylic acids is 2. The maximum absolute atomic E-state index is 12.2. The van der Waals surface area contributed by atoms with Crippen molar-refractivity contribution in [2.75, 3.05) is 13.1 Å². The second-order valence-electron chi connectivity index (χ2n) is 7.97.